The standard InChI is InChI=1S/C20H21ClN2O4/c1-12(2)27-10-4-9-23-19(25)16(11-22)13(3)17(20(23)26)18(24)14-5-7-15(21)8-6-14/h5-8,12,26H,4,9-10H2,1-3H3. The van der Waals surface area contributed by atoms with Crippen molar-refractivity contribution < 1.29 is 14.6 Å². The van der Waals surface area contributed by atoms with E-state index in [4.69, 9.17) is 16.3 Å². The molecule has 2 rings (SSSR count). The highest BCUT2D eigenvalue weighted by molar-refractivity contribution is 6.30. The molecule has 27 heavy (non-hydrogen) atoms. The first-order chi connectivity index (χ1) is 12.8. The van der Waals surface area contributed by atoms with E-state index in [9.17, 15) is 20.0 Å². The number of hydrogen-bond donors (Lipinski definition) is 1. The van der Waals surface area contributed by atoms with E-state index in [0.29, 0.717) is 23.6 Å². The van der Waals surface area contributed by atoms with Crippen LogP contribution >= 0.6 is 11.6 Å². The summed E-state index contributed by atoms with van der Waals surface area (Å²) in [6.45, 7) is 5.79. The fourth-order valence-electron chi connectivity index (χ4n) is 2.72. The minimum atomic E-state index is -0.621. The third kappa shape index (κ3) is 4.57. The van der Waals surface area contributed by atoms with Gasteiger partial charge < -0.3 is 9.84 Å². The Bertz CT molecular complexity index is 940. The molecule has 1 aromatic carbocycles. The van der Waals surface area contributed by atoms with Crippen LogP contribution in [0.4, 0.5) is 0 Å². The second-order valence-electron chi connectivity index (χ2n) is 6.38. The zero-order chi connectivity index (χ0) is 20.1. The first-order valence-corrected chi connectivity index (χ1v) is 8.94. The number of ether oxygens (including phenoxy) is 1. The lowest BCUT2D eigenvalue weighted by molar-refractivity contribution is 0.0743. The topological polar surface area (TPSA) is 92.3 Å². The highest BCUT2D eigenvalue weighted by atomic mass is 35.5. The summed E-state index contributed by atoms with van der Waals surface area (Å²) < 4.78 is 6.49. The molecule has 0 atom stereocenters. The maximum absolute atomic E-state index is 12.9. The lowest BCUT2D eigenvalue weighted by Gasteiger charge is -2.16. The number of aromatic hydroxyl groups is 1. The molecule has 0 fully saturated rings. The maximum atomic E-state index is 12.9. The minimum Gasteiger partial charge on any atom is -0.494 e. The monoisotopic (exact) mass is 388 g/mol. The summed E-state index contributed by atoms with van der Waals surface area (Å²) in [5.41, 5.74) is -0.373. The van der Waals surface area contributed by atoms with Crippen LogP contribution in [-0.4, -0.2) is 28.2 Å². The van der Waals surface area contributed by atoms with Crippen molar-refractivity contribution in [1.29, 1.82) is 5.26 Å². The largest absolute Gasteiger partial charge is 0.494 e. The maximum Gasteiger partial charge on any atom is 0.271 e. The molecule has 0 saturated carbocycles. The molecule has 0 aliphatic heterocycles. The third-order valence-corrected chi connectivity index (χ3v) is 4.36. The molecule has 0 unspecified atom stereocenters. The average molecular weight is 389 g/mol. The lowest BCUT2D eigenvalue weighted by atomic mass is 9.97. The van der Waals surface area contributed by atoms with Crippen molar-refractivity contribution in [2.45, 2.75) is 39.8 Å². The summed E-state index contributed by atoms with van der Waals surface area (Å²) in [4.78, 5) is 25.4. The van der Waals surface area contributed by atoms with Gasteiger partial charge >= 0.3 is 0 Å². The van der Waals surface area contributed by atoms with Crippen molar-refractivity contribution in [3.05, 3.63) is 61.9 Å². The Hall–Kier alpha value is -2.62. The Morgan fingerprint density at radius 2 is 1.96 bits per heavy atom. The van der Waals surface area contributed by atoms with Gasteiger partial charge in [-0.15, -0.1) is 0 Å². The van der Waals surface area contributed by atoms with E-state index >= 15 is 0 Å². The molecule has 0 aliphatic rings. The number of hydrogen-bond acceptors (Lipinski definition) is 5. The van der Waals surface area contributed by atoms with Gasteiger partial charge in [-0.3, -0.25) is 14.2 Å². The molecular formula is C20H21ClN2O4. The number of aromatic nitrogens is 1. The number of ketones is 1. The van der Waals surface area contributed by atoms with Gasteiger partial charge in [-0.2, -0.15) is 5.26 Å². The van der Waals surface area contributed by atoms with Gasteiger partial charge in [0.1, 0.15) is 11.6 Å². The van der Waals surface area contributed by atoms with Gasteiger partial charge in [-0.25, -0.2) is 0 Å². The quantitative estimate of drug-likeness (QED) is 0.579. The fraction of sp³-hybridized carbons (Fsp3) is 0.350. The number of rotatable bonds is 7. The molecule has 6 nitrogen and oxygen atoms in total. The molecular weight excluding hydrogens is 368 g/mol. The molecule has 0 radical (unpaired) electrons. The minimum absolute atomic E-state index is 0.0463. The van der Waals surface area contributed by atoms with E-state index in [1.54, 1.807) is 12.1 Å². The van der Waals surface area contributed by atoms with E-state index in [1.807, 2.05) is 19.9 Å². The molecule has 7 heteroatoms. The molecule has 1 aromatic heterocycles. The zero-order valence-corrected chi connectivity index (χ0v) is 16.2. The summed E-state index contributed by atoms with van der Waals surface area (Å²) in [7, 11) is 0. The first-order valence-electron chi connectivity index (χ1n) is 8.56. The van der Waals surface area contributed by atoms with Gasteiger partial charge in [0.2, 0.25) is 5.88 Å². The summed E-state index contributed by atoms with van der Waals surface area (Å²) in [5.74, 6) is -0.925. The van der Waals surface area contributed by atoms with E-state index in [-0.39, 0.29) is 29.3 Å². The van der Waals surface area contributed by atoms with Crippen LogP contribution in [0.15, 0.2) is 29.1 Å². The number of nitrogens with zero attached hydrogens (tertiary/aromatic N) is 2. The second-order valence-corrected chi connectivity index (χ2v) is 6.81. The highest BCUT2D eigenvalue weighted by Gasteiger charge is 2.24. The van der Waals surface area contributed by atoms with Crippen LogP contribution in [0.1, 0.15) is 47.3 Å². The molecule has 1 N–H and O–H groups in total. The molecule has 0 amide bonds. The molecule has 0 aliphatic carbocycles. The van der Waals surface area contributed by atoms with Gasteiger partial charge in [0, 0.05) is 23.7 Å². The van der Waals surface area contributed by atoms with Crippen LogP contribution in [0.5, 0.6) is 5.88 Å². The van der Waals surface area contributed by atoms with Crippen molar-refractivity contribution >= 4 is 17.4 Å². The van der Waals surface area contributed by atoms with Crippen LogP contribution in [0.3, 0.4) is 0 Å². The number of carbonyl (C=O) groups excluding carboxylic acids is 1. The van der Waals surface area contributed by atoms with Crippen molar-refractivity contribution in [1.82, 2.24) is 4.57 Å². The van der Waals surface area contributed by atoms with Crippen molar-refractivity contribution in [3.63, 3.8) is 0 Å². The third-order valence-electron chi connectivity index (χ3n) is 4.11. The Labute approximate surface area is 162 Å². The Balaban J connectivity index is 2.49. The van der Waals surface area contributed by atoms with Crippen molar-refractivity contribution in [2.75, 3.05) is 6.61 Å². The van der Waals surface area contributed by atoms with Gasteiger partial charge in [0.25, 0.3) is 5.56 Å². The number of halogens is 1. The van der Waals surface area contributed by atoms with Crippen molar-refractivity contribution in [3.8, 4) is 11.9 Å². The fourth-order valence-corrected chi connectivity index (χ4v) is 2.84. The lowest BCUT2D eigenvalue weighted by Crippen LogP contribution is -2.27. The van der Waals surface area contributed by atoms with Gasteiger partial charge in [-0.05, 0) is 57.0 Å². The smallest absolute Gasteiger partial charge is 0.271 e. The Morgan fingerprint density at radius 3 is 2.52 bits per heavy atom. The number of benzene rings is 1. The van der Waals surface area contributed by atoms with Crippen LogP contribution in [-0.2, 0) is 11.3 Å². The second kappa shape index (κ2) is 8.85. The van der Waals surface area contributed by atoms with Crippen LogP contribution < -0.4 is 5.56 Å². The molecule has 1 heterocycles. The van der Waals surface area contributed by atoms with Crippen LogP contribution in [0, 0.1) is 18.3 Å². The van der Waals surface area contributed by atoms with Gasteiger partial charge in [0.15, 0.2) is 5.78 Å². The molecule has 2 aromatic rings. The Morgan fingerprint density at radius 1 is 1.33 bits per heavy atom. The summed E-state index contributed by atoms with van der Waals surface area (Å²) in [6.07, 6.45) is 0.499. The average Bonchev–Trinajstić information content (AvgIpc) is 2.61. The van der Waals surface area contributed by atoms with Gasteiger partial charge in [0.05, 0.1) is 11.7 Å². The zero-order valence-electron chi connectivity index (χ0n) is 15.5. The number of nitriles is 1. The van der Waals surface area contributed by atoms with Crippen molar-refractivity contribution in [2.24, 2.45) is 0 Å². The van der Waals surface area contributed by atoms with Gasteiger partial charge in [-0.1, -0.05) is 11.6 Å². The van der Waals surface area contributed by atoms with E-state index < -0.39 is 17.2 Å². The summed E-state index contributed by atoms with van der Waals surface area (Å²) in [5, 5.41) is 20.5. The van der Waals surface area contributed by atoms with E-state index in [1.165, 1.54) is 19.1 Å². The summed E-state index contributed by atoms with van der Waals surface area (Å²) in [6, 6.07) is 8.03. The Kier molecular flexibility index (Phi) is 6.78. The first kappa shape index (κ1) is 20.7. The molecule has 0 spiro atoms. The van der Waals surface area contributed by atoms with E-state index in [0.717, 1.165) is 4.57 Å². The highest BCUT2D eigenvalue weighted by Crippen LogP contribution is 2.25. The number of pyridine rings is 1. The normalized spacial score (nSPS) is 10.8. The van der Waals surface area contributed by atoms with Crippen LogP contribution in [0.25, 0.3) is 0 Å². The summed E-state index contributed by atoms with van der Waals surface area (Å²) >= 11 is 5.85. The molecule has 0 saturated heterocycles. The predicted octanol–water partition coefficient (Wildman–Crippen LogP) is 3.43. The number of carbonyl (C=O) groups is 1. The molecule has 0 bridgehead atoms. The molecule has 142 valence electrons. The SMILES string of the molecule is Cc1c(C(=O)c2ccc(Cl)cc2)c(O)n(CCCOC(C)C)c(=O)c1C#N. The predicted molar refractivity (Wildman–Crippen MR) is 102 cm³/mol. The van der Waals surface area contributed by atoms with E-state index in [2.05, 4.69) is 0 Å². The van der Waals surface area contributed by atoms with Crippen LogP contribution in [0.2, 0.25) is 5.02 Å².